The van der Waals surface area contributed by atoms with E-state index < -0.39 is 0 Å². The molecule has 3 nitrogen and oxygen atoms in total. The van der Waals surface area contributed by atoms with Crippen LogP contribution in [0.2, 0.25) is 5.02 Å². The third-order valence-corrected chi connectivity index (χ3v) is 3.74. The molecule has 19 heavy (non-hydrogen) atoms. The summed E-state index contributed by atoms with van der Waals surface area (Å²) in [6.07, 6.45) is 0. The highest BCUT2D eigenvalue weighted by Gasteiger charge is 2.12. The van der Waals surface area contributed by atoms with E-state index in [0.717, 1.165) is 14.8 Å². The first-order valence-electron chi connectivity index (χ1n) is 5.37. The number of hydrogen-bond donors (Lipinski definition) is 1. The fourth-order valence-electron chi connectivity index (χ4n) is 1.52. The number of aromatic nitrogens is 1. The third-order valence-electron chi connectivity index (χ3n) is 2.47. The summed E-state index contributed by atoms with van der Waals surface area (Å²) in [7, 11) is 0. The Bertz CT molecular complexity index is 647. The van der Waals surface area contributed by atoms with Crippen molar-refractivity contribution in [1.82, 2.24) is 4.98 Å². The van der Waals surface area contributed by atoms with Crippen LogP contribution in [0.4, 0.5) is 5.69 Å². The van der Waals surface area contributed by atoms with E-state index in [2.05, 4.69) is 42.2 Å². The molecule has 0 spiro atoms. The summed E-state index contributed by atoms with van der Waals surface area (Å²) in [5.41, 5.74) is 1.80. The predicted molar refractivity (Wildman–Crippen MR) is 83.8 cm³/mol. The van der Waals surface area contributed by atoms with E-state index in [1.165, 1.54) is 0 Å². The van der Waals surface area contributed by atoms with Crippen LogP contribution in [-0.4, -0.2) is 10.9 Å². The number of pyridine rings is 1. The van der Waals surface area contributed by atoms with E-state index in [4.69, 9.17) is 11.6 Å². The molecule has 2 aromatic rings. The summed E-state index contributed by atoms with van der Waals surface area (Å²) in [4.78, 5) is 16.4. The second-order valence-electron chi connectivity index (χ2n) is 3.85. The van der Waals surface area contributed by atoms with Crippen LogP contribution in [0.3, 0.4) is 0 Å². The number of halogens is 3. The van der Waals surface area contributed by atoms with Crippen LogP contribution in [0.15, 0.2) is 39.4 Å². The molecule has 1 heterocycles. The van der Waals surface area contributed by atoms with Gasteiger partial charge in [-0.3, -0.25) is 4.79 Å². The Balaban J connectivity index is 2.28. The maximum absolute atomic E-state index is 12.2. The van der Waals surface area contributed by atoms with Gasteiger partial charge in [0, 0.05) is 4.47 Å². The number of aryl methyl sites for hydroxylation is 1. The summed E-state index contributed by atoms with van der Waals surface area (Å²) < 4.78 is 1.52. The van der Waals surface area contributed by atoms with Crippen LogP contribution in [0.5, 0.6) is 0 Å². The number of benzene rings is 1. The Morgan fingerprint density at radius 1 is 1.26 bits per heavy atom. The first kappa shape index (κ1) is 14.5. The van der Waals surface area contributed by atoms with Gasteiger partial charge in [0.05, 0.1) is 22.0 Å². The smallest absolute Gasteiger partial charge is 0.257 e. The molecule has 1 amide bonds. The van der Waals surface area contributed by atoms with Crippen LogP contribution in [-0.2, 0) is 0 Å². The molecule has 0 saturated heterocycles. The zero-order chi connectivity index (χ0) is 14.0. The van der Waals surface area contributed by atoms with Crippen molar-refractivity contribution >= 4 is 55.1 Å². The Hall–Kier alpha value is -0.910. The highest BCUT2D eigenvalue weighted by molar-refractivity contribution is 9.10. The molecule has 6 heteroatoms. The lowest BCUT2D eigenvalue weighted by Crippen LogP contribution is -2.13. The van der Waals surface area contributed by atoms with Crippen molar-refractivity contribution in [1.29, 1.82) is 0 Å². The summed E-state index contributed by atoms with van der Waals surface area (Å²) >= 11 is 12.6. The molecule has 0 fully saturated rings. The number of amides is 1. The average molecular weight is 404 g/mol. The van der Waals surface area contributed by atoms with Gasteiger partial charge < -0.3 is 5.32 Å². The largest absolute Gasteiger partial charge is 0.320 e. The number of carbonyl (C=O) groups is 1. The fourth-order valence-corrected chi connectivity index (χ4v) is 2.49. The maximum atomic E-state index is 12.2. The average Bonchev–Trinajstić information content (AvgIpc) is 2.35. The monoisotopic (exact) mass is 402 g/mol. The molecule has 0 saturated carbocycles. The molecule has 0 aliphatic heterocycles. The van der Waals surface area contributed by atoms with E-state index in [9.17, 15) is 4.79 Å². The summed E-state index contributed by atoms with van der Waals surface area (Å²) in [5, 5.41) is 3.20. The van der Waals surface area contributed by atoms with E-state index in [0.29, 0.717) is 16.3 Å². The Labute approximate surface area is 132 Å². The molecule has 0 unspecified atom stereocenters. The summed E-state index contributed by atoms with van der Waals surface area (Å²) in [6, 6.07) is 8.69. The van der Waals surface area contributed by atoms with Gasteiger partial charge in [-0.05, 0) is 53.2 Å². The van der Waals surface area contributed by atoms with E-state index in [1.54, 1.807) is 30.3 Å². The zero-order valence-electron chi connectivity index (χ0n) is 9.88. The molecular weight excluding hydrogens is 395 g/mol. The molecule has 0 radical (unpaired) electrons. The number of nitrogens with one attached hydrogen (secondary N) is 1. The first-order valence-corrected chi connectivity index (χ1v) is 7.33. The summed E-state index contributed by atoms with van der Waals surface area (Å²) in [5.74, 6) is -0.265. The van der Waals surface area contributed by atoms with Gasteiger partial charge >= 0.3 is 0 Å². The van der Waals surface area contributed by atoms with Crippen molar-refractivity contribution in [2.75, 3.05) is 5.32 Å². The Kier molecular flexibility index (Phi) is 4.60. The van der Waals surface area contributed by atoms with Gasteiger partial charge in [0.25, 0.3) is 5.91 Å². The minimum absolute atomic E-state index is 0.265. The lowest BCUT2D eigenvalue weighted by atomic mass is 10.2. The number of carbonyl (C=O) groups excluding carboxylic acids is 1. The number of rotatable bonds is 2. The molecule has 1 aromatic heterocycles. The molecule has 2 rings (SSSR count). The van der Waals surface area contributed by atoms with Crippen molar-refractivity contribution in [2.45, 2.75) is 6.92 Å². The lowest BCUT2D eigenvalue weighted by Gasteiger charge is -2.09. The number of anilines is 1. The van der Waals surface area contributed by atoms with Gasteiger partial charge in [-0.1, -0.05) is 27.5 Å². The number of nitrogens with zero attached hydrogens (tertiary/aromatic N) is 1. The SMILES string of the molecule is Cc1nc(Br)ccc1NC(=O)c1cc(Br)ccc1Cl. The predicted octanol–water partition coefficient (Wildman–Crippen LogP) is 4.82. The highest BCUT2D eigenvalue weighted by atomic mass is 79.9. The van der Waals surface area contributed by atoms with Gasteiger partial charge in [-0.15, -0.1) is 0 Å². The van der Waals surface area contributed by atoms with E-state index in [-0.39, 0.29) is 5.91 Å². The molecule has 0 aliphatic rings. The minimum Gasteiger partial charge on any atom is -0.320 e. The lowest BCUT2D eigenvalue weighted by molar-refractivity contribution is 0.102. The third kappa shape index (κ3) is 3.55. The van der Waals surface area contributed by atoms with Gasteiger partial charge in [0.2, 0.25) is 0 Å². The van der Waals surface area contributed by atoms with Crippen LogP contribution < -0.4 is 5.32 Å². The van der Waals surface area contributed by atoms with Gasteiger partial charge in [0.1, 0.15) is 4.60 Å². The zero-order valence-corrected chi connectivity index (χ0v) is 13.8. The first-order chi connectivity index (χ1) is 8.97. The fraction of sp³-hybridized carbons (Fsp3) is 0.0769. The maximum Gasteiger partial charge on any atom is 0.257 e. The van der Waals surface area contributed by atoms with Crippen molar-refractivity contribution in [3.05, 3.63) is 55.7 Å². The topological polar surface area (TPSA) is 42.0 Å². The van der Waals surface area contributed by atoms with Crippen LogP contribution >= 0.6 is 43.5 Å². The Morgan fingerprint density at radius 3 is 2.68 bits per heavy atom. The van der Waals surface area contributed by atoms with E-state index >= 15 is 0 Å². The van der Waals surface area contributed by atoms with Crippen molar-refractivity contribution in [3.8, 4) is 0 Å². The molecule has 0 aliphatic carbocycles. The van der Waals surface area contributed by atoms with Crippen LogP contribution in [0.25, 0.3) is 0 Å². The van der Waals surface area contributed by atoms with Crippen molar-refractivity contribution in [2.24, 2.45) is 0 Å². The second-order valence-corrected chi connectivity index (χ2v) is 5.98. The standard InChI is InChI=1S/C13H9Br2ClN2O/c1-7-11(4-5-12(15)17-7)18-13(19)9-6-8(14)2-3-10(9)16/h2-6H,1H3,(H,18,19). The molecular formula is C13H9Br2ClN2O. The van der Waals surface area contributed by atoms with Crippen molar-refractivity contribution < 1.29 is 4.79 Å². The Morgan fingerprint density at radius 2 is 2.00 bits per heavy atom. The van der Waals surface area contributed by atoms with Gasteiger partial charge in [-0.25, -0.2) is 4.98 Å². The molecule has 0 bridgehead atoms. The highest BCUT2D eigenvalue weighted by Crippen LogP contribution is 2.23. The van der Waals surface area contributed by atoms with Gasteiger partial charge in [-0.2, -0.15) is 0 Å². The number of hydrogen-bond acceptors (Lipinski definition) is 2. The second kappa shape index (κ2) is 6.03. The van der Waals surface area contributed by atoms with Gasteiger partial charge in [0.15, 0.2) is 0 Å². The molecule has 98 valence electrons. The van der Waals surface area contributed by atoms with Crippen LogP contribution in [0.1, 0.15) is 16.1 Å². The molecule has 1 N–H and O–H groups in total. The molecule has 0 atom stereocenters. The quantitative estimate of drug-likeness (QED) is 0.729. The van der Waals surface area contributed by atoms with Crippen LogP contribution in [0, 0.1) is 6.92 Å². The minimum atomic E-state index is -0.265. The van der Waals surface area contributed by atoms with E-state index in [1.807, 2.05) is 6.92 Å². The van der Waals surface area contributed by atoms with Crippen molar-refractivity contribution in [3.63, 3.8) is 0 Å². The summed E-state index contributed by atoms with van der Waals surface area (Å²) in [6.45, 7) is 1.82. The molecule has 1 aromatic carbocycles. The normalized spacial score (nSPS) is 10.3.